The van der Waals surface area contributed by atoms with Crippen molar-refractivity contribution in [2.24, 2.45) is 0 Å². The van der Waals surface area contributed by atoms with Crippen molar-refractivity contribution >= 4 is 134 Å². The predicted octanol–water partition coefficient (Wildman–Crippen LogP) is 12.2. The van der Waals surface area contributed by atoms with E-state index in [2.05, 4.69) is 43.1 Å². The van der Waals surface area contributed by atoms with E-state index in [4.69, 9.17) is 51.4 Å². The topological polar surface area (TPSA) is 71.1 Å². The van der Waals surface area contributed by atoms with Crippen LogP contribution in [0.1, 0.15) is 61.0 Å². The monoisotopic (exact) mass is 785 g/mol. The van der Waals surface area contributed by atoms with E-state index < -0.39 is 0 Å². The summed E-state index contributed by atoms with van der Waals surface area (Å²) >= 11 is 29.4. The molecule has 1 aliphatic heterocycles. The molecule has 0 fully saturated rings. The summed E-state index contributed by atoms with van der Waals surface area (Å²) in [6.45, 7) is 4.34. The van der Waals surface area contributed by atoms with E-state index in [-0.39, 0.29) is 11.5 Å². The number of benzene rings is 7. The second-order valence-electron chi connectivity index (χ2n) is 14.7. The number of unbranched alkanes of at least 4 members (excludes halogenated alkanes) is 2. The molecule has 264 valence electrons. The molecule has 11 rings (SSSR count). The highest BCUT2D eigenvalue weighted by Gasteiger charge is 2.38. The number of aromatic nitrogens is 4. The maximum Gasteiger partial charge on any atom is 0.347 e. The molecule has 1 N–H and O–H groups in total. The van der Waals surface area contributed by atoms with Crippen LogP contribution in [0.2, 0.25) is 20.1 Å². The van der Waals surface area contributed by atoms with Crippen LogP contribution in [0.15, 0.2) is 65.5 Å². The summed E-state index contributed by atoms with van der Waals surface area (Å²) in [6, 6.07) is 19.7. The van der Waals surface area contributed by atoms with Crippen molar-refractivity contribution in [3.05, 3.63) is 108 Å². The fraction of sp³-hybridized carbons (Fsp3) is 0.182. The summed E-state index contributed by atoms with van der Waals surface area (Å²) in [7, 11) is 0. The number of H-pyrrole nitrogens is 1. The zero-order chi connectivity index (χ0) is 36.9. The third-order valence-corrected chi connectivity index (χ3v) is 12.8. The number of carbonyl (C=O) groups is 1. The van der Waals surface area contributed by atoms with Crippen molar-refractivity contribution in [3.8, 4) is 11.4 Å². The minimum absolute atomic E-state index is 0.186. The highest BCUT2D eigenvalue weighted by atomic mass is 35.5. The number of hydrogen-bond acceptors (Lipinski definition) is 3. The lowest BCUT2D eigenvalue weighted by Crippen LogP contribution is -2.46. The molecule has 0 atom stereocenters. The first-order valence-corrected chi connectivity index (χ1v) is 19.9. The SMILES string of the molecule is CCCCc1ccc2nc3c4cc(Cl)c5c6c(Cl)cc7c8c(cc(Cl)c(c9c(Cl)cc(c(=O)n3c2c1)c4c95)c86)-c1[nH]c2ccc(CCCC)cc2[n+]1C7=O. The zero-order valence-corrected chi connectivity index (χ0v) is 32.2. The fourth-order valence-corrected chi connectivity index (χ4v) is 10.4. The molecule has 4 heterocycles. The lowest BCUT2D eigenvalue weighted by atomic mass is 9.84. The van der Waals surface area contributed by atoms with Gasteiger partial charge in [-0.3, -0.25) is 9.20 Å². The van der Waals surface area contributed by atoms with Gasteiger partial charge in [0.25, 0.3) is 11.4 Å². The Morgan fingerprint density at radius 1 is 0.648 bits per heavy atom. The Morgan fingerprint density at radius 2 is 1.24 bits per heavy atom. The van der Waals surface area contributed by atoms with Crippen LogP contribution < -0.4 is 10.1 Å². The van der Waals surface area contributed by atoms with Crippen molar-refractivity contribution in [1.82, 2.24) is 14.4 Å². The molecule has 10 heteroatoms. The van der Waals surface area contributed by atoms with Gasteiger partial charge in [0.1, 0.15) is 5.65 Å². The number of nitrogens with one attached hydrogen (secondary N) is 1. The third kappa shape index (κ3) is 4.09. The van der Waals surface area contributed by atoms with Gasteiger partial charge in [-0.15, -0.1) is 0 Å². The molecule has 0 saturated heterocycles. The van der Waals surface area contributed by atoms with E-state index >= 15 is 0 Å². The fourth-order valence-electron chi connectivity index (χ4n) is 9.21. The number of fused-ring (bicyclic) bond motifs is 10. The molecule has 7 aromatic carbocycles. The second kappa shape index (κ2) is 11.4. The van der Waals surface area contributed by atoms with Gasteiger partial charge >= 0.3 is 5.91 Å². The molecular weight excluding hydrogens is 758 g/mol. The molecule has 1 aliphatic rings. The lowest BCUT2D eigenvalue weighted by molar-refractivity contribution is -0.530. The van der Waals surface area contributed by atoms with E-state index in [0.717, 1.165) is 82.5 Å². The molecule has 0 radical (unpaired) electrons. The molecule has 0 bridgehead atoms. The number of aryl methyl sites for hydroxylation is 2. The summed E-state index contributed by atoms with van der Waals surface area (Å²) in [5.41, 5.74) is 7.01. The van der Waals surface area contributed by atoms with Gasteiger partial charge in [-0.1, -0.05) is 85.2 Å². The van der Waals surface area contributed by atoms with Crippen LogP contribution in [0.4, 0.5) is 0 Å². The Balaban J connectivity index is 1.29. The van der Waals surface area contributed by atoms with Gasteiger partial charge in [0.15, 0.2) is 11.0 Å². The van der Waals surface area contributed by atoms with Crippen molar-refractivity contribution < 1.29 is 9.36 Å². The van der Waals surface area contributed by atoms with Gasteiger partial charge in [0.05, 0.1) is 37.6 Å². The Kier molecular flexibility index (Phi) is 6.90. The van der Waals surface area contributed by atoms with E-state index in [0.29, 0.717) is 80.2 Å². The van der Waals surface area contributed by atoms with Crippen LogP contribution in [-0.2, 0) is 12.8 Å². The Morgan fingerprint density at radius 3 is 1.93 bits per heavy atom. The molecule has 0 saturated carbocycles. The predicted molar refractivity (Wildman–Crippen MR) is 223 cm³/mol. The maximum atomic E-state index is 14.6. The molecule has 6 nitrogen and oxygen atoms in total. The third-order valence-electron chi connectivity index (χ3n) is 11.6. The number of halogens is 4. The van der Waals surface area contributed by atoms with Gasteiger partial charge in [-0.2, -0.15) is 4.57 Å². The van der Waals surface area contributed by atoms with Gasteiger partial charge in [0, 0.05) is 58.5 Å². The summed E-state index contributed by atoms with van der Waals surface area (Å²) in [4.78, 5) is 37.7. The molecule has 54 heavy (non-hydrogen) atoms. The molecule has 0 spiro atoms. The lowest BCUT2D eigenvalue weighted by Gasteiger charge is -2.23. The van der Waals surface area contributed by atoms with Crippen LogP contribution >= 0.6 is 46.4 Å². The van der Waals surface area contributed by atoms with Crippen molar-refractivity contribution in [2.45, 2.75) is 52.4 Å². The van der Waals surface area contributed by atoms with Crippen molar-refractivity contribution in [3.63, 3.8) is 0 Å². The standard InChI is InChI=1S/C44H28Cl4N4O2/c1-3-5-7-19-9-11-29-31(13-19)51-41(49-29)21-15-25(45)35-38-28(48)18-24-34-22(42-50-30-12-10-20(8-6-4-2)14-32(30)52(42)44(24)54)16-26(46)36(40(34)38)37-27(47)17-23(43(51)53)33(21)39(35)37/h9-18H,3-8H2,1-2H3/p+1. The van der Waals surface area contributed by atoms with Gasteiger partial charge < -0.3 is 0 Å². The molecule has 0 unspecified atom stereocenters. The Labute approximate surface area is 327 Å². The number of hydrogen-bond donors (Lipinski definition) is 1. The first-order chi connectivity index (χ1) is 26.2. The van der Waals surface area contributed by atoms with Crippen LogP contribution in [0, 0.1) is 0 Å². The van der Waals surface area contributed by atoms with E-state index in [1.54, 1.807) is 21.1 Å². The molecule has 3 aromatic heterocycles. The minimum Gasteiger partial charge on any atom is -0.268 e. The second-order valence-corrected chi connectivity index (χ2v) is 16.3. The molecule has 10 aromatic rings. The number of imidazole rings is 2. The van der Waals surface area contributed by atoms with E-state index in [9.17, 15) is 9.59 Å². The molecule has 0 amide bonds. The number of pyridine rings is 1. The summed E-state index contributed by atoms with van der Waals surface area (Å²) in [6.07, 6.45) is 6.11. The average Bonchev–Trinajstić information content (AvgIpc) is 3.74. The van der Waals surface area contributed by atoms with Crippen molar-refractivity contribution in [1.29, 1.82) is 0 Å². The van der Waals surface area contributed by atoms with E-state index in [1.807, 2.05) is 24.3 Å². The number of rotatable bonds is 6. The minimum atomic E-state index is -0.214. The van der Waals surface area contributed by atoms with Crippen molar-refractivity contribution in [2.75, 3.05) is 0 Å². The highest BCUT2D eigenvalue weighted by molar-refractivity contribution is 6.56. The molecule has 0 aliphatic carbocycles. The van der Waals surface area contributed by atoms with Crippen LogP contribution in [0.25, 0.3) is 93.0 Å². The smallest absolute Gasteiger partial charge is 0.268 e. The van der Waals surface area contributed by atoms with E-state index in [1.165, 1.54) is 5.56 Å². The average molecular weight is 788 g/mol. The molecular formula is C44H29Cl4N4O2+. The number of carbonyl (C=O) groups excluding carboxylic acids is 1. The highest BCUT2D eigenvalue weighted by Crippen LogP contribution is 2.54. The van der Waals surface area contributed by atoms with Crippen LogP contribution in [-0.4, -0.2) is 20.3 Å². The summed E-state index contributed by atoms with van der Waals surface area (Å²) in [5.74, 6) is 0.459. The van der Waals surface area contributed by atoms with Gasteiger partial charge in [0.2, 0.25) is 0 Å². The normalized spacial score (nSPS) is 13.2. The maximum absolute atomic E-state index is 14.6. The zero-order valence-electron chi connectivity index (χ0n) is 29.2. The largest absolute Gasteiger partial charge is 0.347 e. The van der Waals surface area contributed by atoms with Crippen LogP contribution in [0.3, 0.4) is 0 Å². The van der Waals surface area contributed by atoms with Crippen LogP contribution in [0.5, 0.6) is 0 Å². The van der Waals surface area contributed by atoms with Gasteiger partial charge in [-0.25, -0.2) is 14.8 Å². The number of aromatic amines is 1. The van der Waals surface area contributed by atoms with Gasteiger partial charge in [-0.05, 0) is 85.3 Å². The number of nitrogens with zero attached hydrogens (tertiary/aromatic N) is 3. The first-order valence-electron chi connectivity index (χ1n) is 18.4. The summed E-state index contributed by atoms with van der Waals surface area (Å²) < 4.78 is 3.43. The Hall–Kier alpha value is -4.72. The quantitative estimate of drug-likeness (QED) is 0.104. The Bertz CT molecular complexity index is 3380. The summed E-state index contributed by atoms with van der Waals surface area (Å²) in [5, 5.41) is 8.16. The first kappa shape index (κ1) is 32.7.